The van der Waals surface area contributed by atoms with Gasteiger partial charge in [-0.15, -0.1) is 0 Å². The Bertz CT molecular complexity index is 726. The van der Waals surface area contributed by atoms with Gasteiger partial charge in [-0.2, -0.15) is 0 Å². The predicted molar refractivity (Wildman–Crippen MR) is 134 cm³/mol. The van der Waals surface area contributed by atoms with Crippen molar-refractivity contribution in [3.05, 3.63) is 54.4 Å². The molecule has 0 saturated carbocycles. The summed E-state index contributed by atoms with van der Waals surface area (Å²) in [6.45, 7) is 6.84. The van der Waals surface area contributed by atoms with Gasteiger partial charge in [-0.05, 0) is 50.5 Å². The molecule has 0 unspecified atom stereocenters. The molecule has 4 heteroatoms. The molecule has 0 saturated heterocycles. The van der Waals surface area contributed by atoms with Crippen LogP contribution in [-0.4, -0.2) is 29.8 Å². The first-order valence-corrected chi connectivity index (χ1v) is 12.6. The first-order chi connectivity index (χ1) is 15.8. The molecule has 1 aromatic carbocycles. The molecule has 0 amide bonds. The van der Waals surface area contributed by atoms with Gasteiger partial charge in [0.2, 0.25) is 0 Å². The second-order valence-electron chi connectivity index (χ2n) is 8.32. The standard InChI is InChI=1S/C28H42N2O2/c1-3-5-6-7-8-10-14-22-32-27-23-29-28(30-24-27)26-18-16-25(17-19-26)15-12-9-11-13-21-31-20-4-2/h8,10,16-19,23-24H,3-7,9,11-15,20-22H2,1-2H3. The summed E-state index contributed by atoms with van der Waals surface area (Å²) >= 11 is 0. The second-order valence-corrected chi connectivity index (χ2v) is 8.32. The van der Waals surface area contributed by atoms with E-state index >= 15 is 0 Å². The number of ether oxygens (including phenoxy) is 2. The highest BCUT2D eigenvalue weighted by Crippen LogP contribution is 2.18. The van der Waals surface area contributed by atoms with Crippen molar-refractivity contribution in [1.29, 1.82) is 0 Å². The van der Waals surface area contributed by atoms with Crippen LogP contribution in [0.2, 0.25) is 0 Å². The number of hydrogen-bond acceptors (Lipinski definition) is 4. The van der Waals surface area contributed by atoms with Gasteiger partial charge < -0.3 is 9.47 Å². The van der Waals surface area contributed by atoms with Crippen molar-refractivity contribution in [2.45, 2.75) is 84.5 Å². The van der Waals surface area contributed by atoms with Crippen molar-refractivity contribution in [1.82, 2.24) is 9.97 Å². The van der Waals surface area contributed by atoms with Crippen LogP contribution in [0.1, 0.15) is 83.6 Å². The van der Waals surface area contributed by atoms with Crippen LogP contribution in [0, 0.1) is 0 Å². The Labute approximate surface area is 195 Å². The third kappa shape index (κ3) is 11.4. The van der Waals surface area contributed by atoms with Crippen molar-refractivity contribution >= 4 is 0 Å². The lowest BCUT2D eigenvalue weighted by molar-refractivity contribution is 0.130. The van der Waals surface area contributed by atoms with Crippen LogP contribution in [0.3, 0.4) is 0 Å². The highest BCUT2D eigenvalue weighted by molar-refractivity contribution is 5.55. The van der Waals surface area contributed by atoms with Crippen LogP contribution in [-0.2, 0) is 11.2 Å². The summed E-state index contributed by atoms with van der Waals surface area (Å²) in [6, 6.07) is 8.63. The predicted octanol–water partition coefficient (Wildman–Crippen LogP) is 7.58. The lowest BCUT2D eigenvalue weighted by atomic mass is 10.0. The summed E-state index contributed by atoms with van der Waals surface area (Å²) < 4.78 is 11.3. The number of nitrogens with zero attached hydrogens (tertiary/aromatic N) is 2. The molecule has 1 heterocycles. The molecule has 176 valence electrons. The van der Waals surface area contributed by atoms with Crippen LogP contribution in [0.25, 0.3) is 11.4 Å². The van der Waals surface area contributed by atoms with Crippen LogP contribution in [0.5, 0.6) is 5.75 Å². The average Bonchev–Trinajstić information content (AvgIpc) is 2.83. The summed E-state index contributed by atoms with van der Waals surface area (Å²) in [5, 5.41) is 0. The van der Waals surface area contributed by atoms with Gasteiger partial charge in [0.15, 0.2) is 11.6 Å². The normalized spacial score (nSPS) is 11.3. The molecule has 0 aliphatic heterocycles. The number of benzene rings is 1. The highest BCUT2D eigenvalue weighted by atomic mass is 16.5. The maximum Gasteiger partial charge on any atom is 0.159 e. The quantitative estimate of drug-likeness (QED) is 0.178. The fraction of sp³-hybridized carbons (Fsp3) is 0.571. The maximum atomic E-state index is 5.75. The topological polar surface area (TPSA) is 44.2 Å². The molecule has 0 atom stereocenters. The summed E-state index contributed by atoms with van der Waals surface area (Å²) in [7, 11) is 0. The van der Waals surface area contributed by atoms with E-state index in [1.54, 1.807) is 12.4 Å². The van der Waals surface area contributed by atoms with Crippen molar-refractivity contribution in [2.24, 2.45) is 0 Å². The summed E-state index contributed by atoms with van der Waals surface area (Å²) in [4.78, 5) is 8.96. The third-order valence-corrected chi connectivity index (χ3v) is 5.39. The van der Waals surface area contributed by atoms with Gasteiger partial charge in [-0.1, -0.05) is 75.9 Å². The van der Waals surface area contributed by atoms with E-state index in [0.29, 0.717) is 6.61 Å². The molecule has 0 radical (unpaired) electrons. The minimum atomic E-state index is 0.660. The van der Waals surface area contributed by atoms with E-state index in [1.165, 1.54) is 56.9 Å². The number of allylic oxidation sites excluding steroid dienone is 1. The van der Waals surface area contributed by atoms with E-state index in [2.05, 4.69) is 60.2 Å². The van der Waals surface area contributed by atoms with Gasteiger partial charge in [0.25, 0.3) is 0 Å². The second kappa shape index (κ2) is 17.4. The zero-order valence-corrected chi connectivity index (χ0v) is 20.2. The van der Waals surface area contributed by atoms with Crippen LogP contribution in [0.15, 0.2) is 48.8 Å². The van der Waals surface area contributed by atoms with Crippen molar-refractivity contribution in [3.8, 4) is 17.1 Å². The molecule has 2 aromatic rings. The Morgan fingerprint density at radius 1 is 0.719 bits per heavy atom. The smallest absolute Gasteiger partial charge is 0.159 e. The van der Waals surface area contributed by atoms with E-state index in [-0.39, 0.29) is 0 Å². The van der Waals surface area contributed by atoms with Crippen molar-refractivity contribution in [2.75, 3.05) is 19.8 Å². The van der Waals surface area contributed by atoms with E-state index in [4.69, 9.17) is 9.47 Å². The van der Waals surface area contributed by atoms with E-state index in [1.807, 2.05) is 0 Å². The molecule has 0 bridgehead atoms. The Morgan fingerprint density at radius 3 is 2.22 bits per heavy atom. The summed E-state index contributed by atoms with van der Waals surface area (Å²) in [5.41, 5.74) is 2.42. The molecule has 0 fully saturated rings. The van der Waals surface area contributed by atoms with Gasteiger partial charge >= 0.3 is 0 Å². The number of hydrogen-bond donors (Lipinski definition) is 0. The molecule has 4 nitrogen and oxygen atoms in total. The summed E-state index contributed by atoms with van der Waals surface area (Å²) in [5.74, 6) is 1.47. The molecule has 0 aliphatic rings. The molecule has 0 spiro atoms. The van der Waals surface area contributed by atoms with Crippen LogP contribution in [0.4, 0.5) is 0 Å². The molecule has 0 aliphatic carbocycles. The van der Waals surface area contributed by atoms with E-state index < -0.39 is 0 Å². The Morgan fingerprint density at radius 2 is 1.47 bits per heavy atom. The average molecular weight is 439 g/mol. The highest BCUT2D eigenvalue weighted by Gasteiger charge is 2.03. The third-order valence-electron chi connectivity index (χ3n) is 5.39. The molecule has 32 heavy (non-hydrogen) atoms. The number of unbranched alkanes of at least 4 members (excludes halogenated alkanes) is 6. The largest absolute Gasteiger partial charge is 0.490 e. The Balaban J connectivity index is 1.64. The SMILES string of the molecule is CCCCCC=CCCOc1cnc(-c2ccc(CCCCCCOCCC)cc2)nc1. The lowest BCUT2D eigenvalue weighted by Crippen LogP contribution is -1.98. The van der Waals surface area contributed by atoms with Gasteiger partial charge in [-0.3, -0.25) is 0 Å². The van der Waals surface area contributed by atoms with Crippen molar-refractivity contribution < 1.29 is 9.47 Å². The molecular weight excluding hydrogens is 396 g/mol. The minimum absolute atomic E-state index is 0.660. The number of aryl methyl sites for hydroxylation is 1. The Hall–Kier alpha value is -2.20. The van der Waals surface area contributed by atoms with E-state index in [9.17, 15) is 0 Å². The van der Waals surface area contributed by atoms with Gasteiger partial charge in [0.1, 0.15) is 0 Å². The fourth-order valence-corrected chi connectivity index (χ4v) is 3.49. The number of aromatic nitrogens is 2. The molecule has 1 aromatic heterocycles. The molecular formula is C28H42N2O2. The lowest BCUT2D eigenvalue weighted by Gasteiger charge is -2.06. The Kier molecular flexibility index (Phi) is 14.1. The van der Waals surface area contributed by atoms with Crippen LogP contribution < -0.4 is 4.74 Å². The van der Waals surface area contributed by atoms with E-state index in [0.717, 1.165) is 49.6 Å². The van der Waals surface area contributed by atoms with Gasteiger partial charge in [-0.25, -0.2) is 9.97 Å². The fourth-order valence-electron chi connectivity index (χ4n) is 3.49. The number of rotatable bonds is 18. The monoisotopic (exact) mass is 438 g/mol. The van der Waals surface area contributed by atoms with Gasteiger partial charge in [0.05, 0.1) is 19.0 Å². The van der Waals surface area contributed by atoms with Crippen molar-refractivity contribution in [3.63, 3.8) is 0 Å². The minimum Gasteiger partial charge on any atom is -0.490 e. The maximum absolute atomic E-state index is 5.75. The van der Waals surface area contributed by atoms with Gasteiger partial charge in [0, 0.05) is 18.8 Å². The first-order valence-electron chi connectivity index (χ1n) is 12.6. The van der Waals surface area contributed by atoms with Crippen LogP contribution >= 0.6 is 0 Å². The zero-order valence-electron chi connectivity index (χ0n) is 20.2. The zero-order chi connectivity index (χ0) is 22.7. The first kappa shape index (κ1) is 26.1. The summed E-state index contributed by atoms with van der Waals surface area (Å²) in [6.07, 6.45) is 21.1. The molecule has 2 rings (SSSR count). The molecule has 0 N–H and O–H groups in total.